The zero-order valence-corrected chi connectivity index (χ0v) is 23.5. The van der Waals surface area contributed by atoms with E-state index in [-0.39, 0.29) is 0 Å². The molecule has 204 valence electrons. The van der Waals surface area contributed by atoms with Crippen molar-refractivity contribution in [3.63, 3.8) is 0 Å². The van der Waals surface area contributed by atoms with Crippen LogP contribution in [0.1, 0.15) is 46.6 Å². The number of aromatic nitrogens is 4. The molecular formula is C32H34N6O2. The fraction of sp³-hybridized carbons (Fsp3) is 0.250. The van der Waals surface area contributed by atoms with Gasteiger partial charge in [0.25, 0.3) is 0 Å². The molecule has 3 aromatic heterocycles. The molecule has 1 amide bonds. The largest absolute Gasteiger partial charge is 0.444 e. The fourth-order valence-corrected chi connectivity index (χ4v) is 4.63. The molecule has 0 fully saturated rings. The number of rotatable bonds is 6. The van der Waals surface area contributed by atoms with Crippen LogP contribution in [0.3, 0.4) is 0 Å². The van der Waals surface area contributed by atoms with Crippen molar-refractivity contribution in [2.45, 2.75) is 52.2 Å². The molecule has 0 bridgehead atoms. The second-order valence-corrected chi connectivity index (χ2v) is 11.0. The van der Waals surface area contributed by atoms with Crippen LogP contribution >= 0.6 is 0 Å². The van der Waals surface area contributed by atoms with Crippen molar-refractivity contribution in [3.8, 4) is 28.3 Å². The number of ether oxygens (including phenoxy) is 1. The molecule has 8 heteroatoms. The Bertz CT molecular complexity index is 1660. The summed E-state index contributed by atoms with van der Waals surface area (Å²) in [4.78, 5) is 26.9. The summed E-state index contributed by atoms with van der Waals surface area (Å²) in [5.41, 5.74) is 10.9. The molecule has 0 aliphatic heterocycles. The van der Waals surface area contributed by atoms with Gasteiger partial charge in [-0.15, -0.1) is 0 Å². The normalized spacial score (nSPS) is 13.1. The van der Waals surface area contributed by atoms with Gasteiger partial charge in [0, 0.05) is 17.4 Å². The molecule has 40 heavy (non-hydrogen) atoms. The van der Waals surface area contributed by atoms with Gasteiger partial charge in [-0.05, 0) is 76.1 Å². The minimum absolute atomic E-state index is 0.388. The molecule has 3 N–H and O–H groups in total. The number of carbonyl (C=O) groups excluding carboxylic acids is 1. The van der Waals surface area contributed by atoms with E-state index < -0.39 is 17.2 Å². The molecular weight excluding hydrogens is 500 g/mol. The van der Waals surface area contributed by atoms with E-state index in [1.165, 1.54) is 0 Å². The molecule has 0 saturated heterocycles. The standard InChI is InChI=1S/C32H34N6O2/c1-6-32(5,37-30(39)40-31(2,3)4)22-14-16-23(17-15-22)38-28(24-13-10-20-34-27(24)33)36-26-19-18-25(35-29(26)38)21-11-8-7-9-12-21/h7-20H,6H2,1-5H3,(H2,33,34)(H,37,39). The number of hydrogen-bond donors (Lipinski definition) is 2. The van der Waals surface area contributed by atoms with Gasteiger partial charge in [0.05, 0.1) is 16.8 Å². The lowest BCUT2D eigenvalue weighted by atomic mass is 9.89. The van der Waals surface area contributed by atoms with E-state index in [2.05, 4.69) is 10.3 Å². The number of carbonyl (C=O) groups is 1. The molecule has 2 aromatic carbocycles. The quantitative estimate of drug-likeness (QED) is 0.246. The maximum atomic E-state index is 12.6. The third-order valence-electron chi connectivity index (χ3n) is 6.90. The zero-order chi connectivity index (χ0) is 28.5. The SMILES string of the molecule is CCC(C)(NC(=O)OC(C)(C)C)c1ccc(-n2c(-c3cccnc3N)nc3ccc(-c4ccccc4)nc32)cc1. The van der Waals surface area contributed by atoms with Crippen molar-refractivity contribution in [1.82, 2.24) is 24.8 Å². The number of amides is 1. The van der Waals surface area contributed by atoms with E-state index in [9.17, 15) is 4.79 Å². The van der Waals surface area contributed by atoms with Crippen LogP contribution in [0.5, 0.6) is 0 Å². The average molecular weight is 535 g/mol. The molecule has 5 rings (SSSR count). The Balaban J connectivity index is 1.61. The number of benzene rings is 2. The monoisotopic (exact) mass is 534 g/mol. The van der Waals surface area contributed by atoms with Gasteiger partial charge < -0.3 is 15.8 Å². The molecule has 3 heterocycles. The zero-order valence-electron chi connectivity index (χ0n) is 23.5. The van der Waals surface area contributed by atoms with Crippen LogP contribution in [0, 0.1) is 0 Å². The second-order valence-electron chi connectivity index (χ2n) is 11.0. The number of alkyl carbamates (subject to hydrolysis) is 1. The molecule has 0 aliphatic rings. The van der Waals surface area contributed by atoms with Crippen LogP contribution in [0.2, 0.25) is 0 Å². The van der Waals surface area contributed by atoms with Crippen LogP contribution in [-0.4, -0.2) is 31.2 Å². The number of fused-ring (bicyclic) bond motifs is 1. The van der Waals surface area contributed by atoms with E-state index in [0.29, 0.717) is 23.7 Å². The number of nitrogens with one attached hydrogen (secondary N) is 1. The van der Waals surface area contributed by atoms with E-state index in [1.807, 2.05) is 118 Å². The molecule has 5 aromatic rings. The van der Waals surface area contributed by atoms with E-state index >= 15 is 0 Å². The van der Waals surface area contributed by atoms with Crippen molar-refractivity contribution < 1.29 is 9.53 Å². The van der Waals surface area contributed by atoms with Crippen molar-refractivity contribution in [3.05, 3.63) is 90.6 Å². The lowest BCUT2D eigenvalue weighted by molar-refractivity contribution is 0.0458. The van der Waals surface area contributed by atoms with Crippen LogP contribution in [-0.2, 0) is 10.3 Å². The summed E-state index contributed by atoms with van der Waals surface area (Å²) in [5.74, 6) is 1.04. The van der Waals surface area contributed by atoms with Crippen LogP contribution < -0.4 is 11.1 Å². The van der Waals surface area contributed by atoms with Crippen LogP contribution in [0.15, 0.2) is 85.1 Å². The summed E-state index contributed by atoms with van der Waals surface area (Å²) in [5, 5.41) is 3.05. The molecule has 1 atom stereocenters. The molecule has 8 nitrogen and oxygen atoms in total. The summed E-state index contributed by atoms with van der Waals surface area (Å²) >= 11 is 0. The van der Waals surface area contributed by atoms with Crippen LogP contribution in [0.4, 0.5) is 10.6 Å². The Morgan fingerprint density at radius 1 is 0.925 bits per heavy atom. The fourth-order valence-electron chi connectivity index (χ4n) is 4.63. The third kappa shape index (κ3) is 5.38. The Hall–Kier alpha value is -4.72. The molecule has 0 saturated carbocycles. The van der Waals surface area contributed by atoms with Crippen molar-refractivity contribution in [2.75, 3.05) is 5.73 Å². The number of nitrogens with two attached hydrogens (primary N) is 1. The lowest BCUT2D eigenvalue weighted by Gasteiger charge is -2.32. The average Bonchev–Trinajstić information content (AvgIpc) is 3.31. The first-order valence-corrected chi connectivity index (χ1v) is 13.4. The molecule has 0 spiro atoms. The van der Waals surface area contributed by atoms with Gasteiger partial charge in [-0.2, -0.15) is 0 Å². The highest BCUT2D eigenvalue weighted by Gasteiger charge is 2.29. The predicted molar refractivity (Wildman–Crippen MR) is 159 cm³/mol. The molecule has 1 unspecified atom stereocenters. The van der Waals surface area contributed by atoms with Gasteiger partial charge in [-0.25, -0.2) is 19.7 Å². The third-order valence-corrected chi connectivity index (χ3v) is 6.90. The van der Waals surface area contributed by atoms with Crippen molar-refractivity contribution >= 4 is 23.1 Å². The van der Waals surface area contributed by atoms with Crippen molar-refractivity contribution in [2.24, 2.45) is 0 Å². The van der Waals surface area contributed by atoms with E-state index in [1.54, 1.807) is 6.20 Å². The highest BCUT2D eigenvalue weighted by molar-refractivity contribution is 5.84. The van der Waals surface area contributed by atoms with E-state index in [0.717, 1.165) is 33.6 Å². The highest BCUT2D eigenvalue weighted by atomic mass is 16.6. The summed E-state index contributed by atoms with van der Waals surface area (Å²) in [7, 11) is 0. The number of imidazole rings is 1. The number of hydrogen-bond acceptors (Lipinski definition) is 6. The summed E-state index contributed by atoms with van der Waals surface area (Å²) in [6.07, 6.45) is 1.89. The van der Waals surface area contributed by atoms with Gasteiger partial charge >= 0.3 is 6.09 Å². The minimum atomic E-state index is -0.618. The number of nitrogen functional groups attached to an aromatic ring is 1. The Morgan fingerprint density at radius 2 is 1.65 bits per heavy atom. The minimum Gasteiger partial charge on any atom is -0.444 e. The summed E-state index contributed by atoms with van der Waals surface area (Å²) in [6.45, 7) is 9.58. The Kier molecular flexibility index (Phi) is 7.02. The maximum absolute atomic E-state index is 12.6. The second kappa shape index (κ2) is 10.4. The first-order valence-electron chi connectivity index (χ1n) is 13.4. The number of pyridine rings is 2. The predicted octanol–water partition coefficient (Wildman–Crippen LogP) is 6.88. The van der Waals surface area contributed by atoms with Gasteiger partial charge in [0.15, 0.2) is 11.5 Å². The van der Waals surface area contributed by atoms with Gasteiger partial charge in [-0.1, -0.05) is 49.4 Å². The Morgan fingerprint density at radius 3 is 2.30 bits per heavy atom. The topological polar surface area (TPSA) is 108 Å². The van der Waals surface area contributed by atoms with Gasteiger partial charge in [-0.3, -0.25) is 4.57 Å². The number of anilines is 1. The molecule has 0 radical (unpaired) electrons. The van der Waals surface area contributed by atoms with Crippen LogP contribution in [0.25, 0.3) is 39.5 Å². The van der Waals surface area contributed by atoms with E-state index in [4.69, 9.17) is 20.4 Å². The number of nitrogens with zero attached hydrogens (tertiary/aromatic N) is 4. The van der Waals surface area contributed by atoms with Gasteiger partial charge in [0.1, 0.15) is 16.9 Å². The summed E-state index contributed by atoms with van der Waals surface area (Å²) in [6, 6.07) is 25.8. The van der Waals surface area contributed by atoms with Gasteiger partial charge in [0.2, 0.25) is 0 Å². The maximum Gasteiger partial charge on any atom is 0.408 e. The first-order chi connectivity index (χ1) is 19.1. The van der Waals surface area contributed by atoms with Crippen molar-refractivity contribution in [1.29, 1.82) is 0 Å². The smallest absolute Gasteiger partial charge is 0.408 e. The lowest BCUT2D eigenvalue weighted by Crippen LogP contribution is -2.45. The Labute approximate surface area is 234 Å². The highest BCUT2D eigenvalue weighted by Crippen LogP contribution is 2.33. The first kappa shape index (κ1) is 26.9. The summed E-state index contributed by atoms with van der Waals surface area (Å²) < 4.78 is 7.53. The molecule has 0 aliphatic carbocycles.